The van der Waals surface area contributed by atoms with Crippen LogP contribution in [0.4, 0.5) is 10.5 Å². The molecule has 0 atom stereocenters. The molecule has 3 amide bonds. The first-order chi connectivity index (χ1) is 11.1. The fourth-order valence-electron chi connectivity index (χ4n) is 2.85. The Labute approximate surface area is 135 Å². The van der Waals surface area contributed by atoms with Crippen LogP contribution in [0.25, 0.3) is 0 Å². The van der Waals surface area contributed by atoms with E-state index in [0.29, 0.717) is 12.1 Å². The maximum atomic E-state index is 12.8. The van der Waals surface area contributed by atoms with Crippen LogP contribution in [0, 0.1) is 0 Å². The number of primary amides is 1. The largest absolute Gasteiger partial charge is 0.352 e. The average molecular weight is 309 g/mol. The topological polar surface area (TPSA) is 75.4 Å². The molecule has 5 nitrogen and oxygen atoms in total. The summed E-state index contributed by atoms with van der Waals surface area (Å²) in [6, 6.07) is 14.7. The first-order valence-corrected chi connectivity index (χ1v) is 7.67. The molecular weight excluding hydrogens is 290 g/mol. The number of nitrogens with zero attached hydrogens (tertiary/aromatic N) is 1. The summed E-state index contributed by atoms with van der Waals surface area (Å²) in [6.45, 7) is 1.09. The Bertz CT molecular complexity index is 725. The molecule has 1 heterocycles. The maximum Gasteiger partial charge on any atom is 0.312 e. The van der Waals surface area contributed by atoms with Crippen LogP contribution in [0.1, 0.15) is 27.9 Å². The zero-order valence-electron chi connectivity index (χ0n) is 12.8. The summed E-state index contributed by atoms with van der Waals surface area (Å²) in [7, 11) is 0. The number of carbonyl (C=O) groups is 2. The number of anilines is 1. The fourth-order valence-corrected chi connectivity index (χ4v) is 2.85. The van der Waals surface area contributed by atoms with Gasteiger partial charge in [-0.15, -0.1) is 0 Å². The highest BCUT2D eigenvalue weighted by Gasteiger charge is 2.23. The van der Waals surface area contributed by atoms with Gasteiger partial charge >= 0.3 is 6.03 Å². The third-order valence-corrected chi connectivity index (χ3v) is 4.02. The third-order valence-electron chi connectivity index (χ3n) is 4.02. The van der Waals surface area contributed by atoms with Crippen LogP contribution < -0.4 is 16.0 Å². The second kappa shape index (κ2) is 6.52. The minimum absolute atomic E-state index is 0.00607. The van der Waals surface area contributed by atoms with Crippen molar-refractivity contribution in [2.24, 2.45) is 5.73 Å². The van der Waals surface area contributed by atoms with Crippen LogP contribution in [0.3, 0.4) is 0 Å². The number of para-hydroxylation sites is 1. The molecule has 1 aliphatic heterocycles. The lowest BCUT2D eigenvalue weighted by atomic mass is 10.0. The molecule has 0 bridgehead atoms. The zero-order valence-corrected chi connectivity index (χ0v) is 12.8. The minimum Gasteiger partial charge on any atom is -0.352 e. The van der Waals surface area contributed by atoms with Crippen LogP contribution in [-0.2, 0) is 13.0 Å². The predicted molar refractivity (Wildman–Crippen MR) is 89.3 cm³/mol. The summed E-state index contributed by atoms with van der Waals surface area (Å²) in [4.78, 5) is 25.3. The van der Waals surface area contributed by atoms with E-state index in [1.54, 1.807) is 12.1 Å². The third kappa shape index (κ3) is 3.34. The lowest BCUT2D eigenvalue weighted by Crippen LogP contribution is -2.35. The van der Waals surface area contributed by atoms with Gasteiger partial charge in [0, 0.05) is 24.3 Å². The molecule has 0 fully saturated rings. The predicted octanol–water partition coefficient (Wildman–Crippen LogP) is 2.45. The Hall–Kier alpha value is -2.82. The van der Waals surface area contributed by atoms with Gasteiger partial charge in [-0.25, -0.2) is 4.79 Å². The lowest BCUT2D eigenvalue weighted by Gasteiger charge is -2.29. The number of nitrogens with one attached hydrogen (secondary N) is 1. The molecule has 0 radical (unpaired) electrons. The van der Waals surface area contributed by atoms with Gasteiger partial charge in [0.15, 0.2) is 0 Å². The molecule has 1 aliphatic rings. The Morgan fingerprint density at radius 2 is 1.83 bits per heavy atom. The molecule has 2 aromatic rings. The van der Waals surface area contributed by atoms with E-state index in [2.05, 4.69) is 11.4 Å². The molecule has 23 heavy (non-hydrogen) atoms. The zero-order chi connectivity index (χ0) is 16.2. The van der Waals surface area contributed by atoms with E-state index < -0.39 is 6.03 Å². The maximum absolute atomic E-state index is 12.8. The minimum atomic E-state index is -0.560. The Balaban J connectivity index is 1.77. The number of urea groups is 1. The van der Waals surface area contributed by atoms with Gasteiger partial charge in [0.2, 0.25) is 0 Å². The smallest absolute Gasteiger partial charge is 0.312 e. The van der Waals surface area contributed by atoms with Crippen molar-refractivity contribution in [3.8, 4) is 0 Å². The summed E-state index contributed by atoms with van der Waals surface area (Å²) in [5, 5.41) is 2.53. The summed E-state index contributed by atoms with van der Waals surface area (Å²) in [5.74, 6) is 0.00607. The highest BCUT2D eigenvalue weighted by atomic mass is 16.2. The summed E-state index contributed by atoms with van der Waals surface area (Å²) in [5.41, 5.74) is 8.82. The second-order valence-electron chi connectivity index (χ2n) is 5.60. The number of hydrogen-bond donors (Lipinski definition) is 2. The highest BCUT2D eigenvalue weighted by Crippen LogP contribution is 2.28. The number of benzene rings is 2. The Morgan fingerprint density at radius 1 is 1.09 bits per heavy atom. The van der Waals surface area contributed by atoms with Crippen molar-refractivity contribution < 1.29 is 9.59 Å². The van der Waals surface area contributed by atoms with Gasteiger partial charge in [-0.05, 0) is 42.2 Å². The number of aryl methyl sites for hydroxylation is 1. The van der Waals surface area contributed by atoms with Crippen LogP contribution in [0.5, 0.6) is 0 Å². The van der Waals surface area contributed by atoms with Gasteiger partial charge in [0.25, 0.3) is 5.91 Å². The fraction of sp³-hybridized carbons (Fsp3) is 0.222. The van der Waals surface area contributed by atoms with Crippen molar-refractivity contribution >= 4 is 17.6 Å². The van der Waals surface area contributed by atoms with E-state index in [-0.39, 0.29) is 5.91 Å². The van der Waals surface area contributed by atoms with Gasteiger partial charge in [-0.2, -0.15) is 0 Å². The highest BCUT2D eigenvalue weighted by molar-refractivity contribution is 6.06. The summed E-state index contributed by atoms with van der Waals surface area (Å²) < 4.78 is 0. The average Bonchev–Trinajstić information content (AvgIpc) is 2.59. The van der Waals surface area contributed by atoms with Crippen LogP contribution in [0.15, 0.2) is 48.5 Å². The first kappa shape index (κ1) is 15.1. The molecule has 118 valence electrons. The second-order valence-corrected chi connectivity index (χ2v) is 5.60. The first-order valence-electron chi connectivity index (χ1n) is 7.67. The molecule has 0 aromatic heterocycles. The monoisotopic (exact) mass is 309 g/mol. The molecule has 0 spiro atoms. The van der Waals surface area contributed by atoms with Crippen molar-refractivity contribution in [3.63, 3.8) is 0 Å². The van der Waals surface area contributed by atoms with Crippen LogP contribution >= 0.6 is 0 Å². The molecule has 0 unspecified atom stereocenters. The van der Waals surface area contributed by atoms with E-state index in [0.717, 1.165) is 30.6 Å². The van der Waals surface area contributed by atoms with E-state index in [1.807, 2.05) is 35.2 Å². The molecule has 3 rings (SSSR count). The number of hydrogen-bond acceptors (Lipinski definition) is 2. The van der Waals surface area contributed by atoms with E-state index >= 15 is 0 Å². The Morgan fingerprint density at radius 3 is 2.57 bits per heavy atom. The molecule has 0 aliphatic carbocycles. The van der Waals surface area contributed by atoms with Gasteiger partial charge in [0.05, 0.1) is 0 Å². The van der Waals surface area contributed by atoms with Crippen molar-refractivity contribution in [2.75, 3.05) is 11.4 Å². The van der Waals surface area contributed by atoms with Gasteiger partial charge in [-0.1, -0.05) is 30.3 Å². The van der Waals surface area contributed by atoms with Crippen molar-refractivity contribution in [2.45, 2.75) is 19.4 Å². The van der Waals surface area contributed by atoms with Crippen molar-refractivity contribution in [3.05, 3.63) is 65.2 Å². The summed E-state index contributed by atoms with van der Waals surface area (Å²) in [6.07, 6.45) is 1.99. The van der Waals surface area contributed by atoms with Gasteiger partial charge in [0.1, 0.15) is 0 Å². The molecule has 3 N–H and O–H groups in total. The van der Waals surface area contributed by atoms with E-state index in [1.165, 1.54) is 5.56 Å². The molecule has 2 aromatic carbocycles. The number of amides is 3. The van der Waals surface area contributed by atoms with Crippen LogP contribution in [-0.4, -0.2) is 18.5 Å². The lowest BCUT2D eigenvalue weighted by molar-refractivity contribution is 0.0985. The molecule has 0 saturated heterocycles. The molecule has 5 heteroatoms. The molecular formula is C18H19N3O2. The number of rotatable bonds is 3. The normalized spacial score (nSPS) is 13.3. The van der Waals surface area contributed by atoms with E-state index in [4.69, 9.17) is 5.73 Å². The number of nitrogens with two attached hydrogens (primary N) is 1. The standard InChI is InChI=1S/C18H19N3O2/c19-18(23)20-12-13-7-9-15(10-8-13)17(22)21-11-3-5-14-4-1-2-6-16(14)21/h1-2,4,6-10H,3,5,11-12H2,(H3,19,20,23). The van der Waals surface area contributed by atoms with Gasteiger partial charge in [-0.3, -0.25) is 4.79 Å². The van der Waals surface area contributed by atoms with E-state index in [9.17, 15) is 9.59 Å². The van der Waals surface area contributed by atoms with Gasteiger partial charge < -0.3 is 16.0 Å². The van der Waals surface area contributed by atoms with Crippen molar-refractivity contribution in [1.82, 2.24) is 5.32 Å². The SMILES string of the molecule is NC(=O)NCc1ccc(C(=O)N2CCCc3ccccc32)cc1. The van der Waals surface area contributed by atoms with Crippen molar-refractivity contribution in [1.29, 1.82) is 0 Å². The number of fused-ring (bicyclic) bond motifs is 1. The van der Waals surface area contributed by atoms with Crippen LogP contribution in [0.2, 0.25) is 0 Å². The molecule has 0 saturated carbocycles. The summed E-state index contributed by atoms with van der Waals surface area (Å²) >= 11 is 0. The number of carbonyl (C=O) groups excluding carboxylic acids is 2. The quantitative estimate of drug-likeness (QED) is 0.913. The Kier molecular flexibility index (Phi) is 4.28.